The molecule has 1 aromatic rings. The standard InChI is InChI=1S/C12H14N2O5/c13-12(19)9-3-1-8(2-4-9)5-14(6-10(15)16)7-11(17)18/h1-4H,5-7H2,(H2,13,19)(H,15,16)(H,17,18). The van der Waals surface area contributed by atoms with Crippen LogP contribution in [0.5, 0.6) is 0 Å². The van der Waals surface area contributed by atoms with E-state index in [0.717, 1.165) is 0 Å². The Balaban J connectivity index is 2.74. The summed E-state index contributed by atoms with van der Waals surface area (Å²) >= 11 is 0. The Morgan fingerprint density at radius 3 is 1.84 bits per heavy atom. The smallest absolute Gasteiger partial charge is 0.317 e. The molecular weight excluding hydrogens is 252 g/mol. The molecule has 1 rings (SSSR count). The van der Waals surface area contributed by atoms with Gasteiger partial charge in [-0.1, -0.05) is 12.1 Å². The summed E-state index contributed by atoms with van der Waals surface area (Å²) < 4.78 is 0. The van der Waals surface area contributed by atoms with Crippen molar-refractivity contribution >= 4 is 17.8 Å². The van der Waals surface area contributed by atoms with Crippen LogP contribution in [0.1, 0.15) is 15.9 Å². The summed E-state index contributed by atoms with van der Waals surface area (Å²) in [5, 5.41) is 17.4. The third-order valence-corrected chi connectivity index (χ3v) is 2.36. The third kappa shape index (κ3) is 5.17. The van der Waals surface area contributed by atoms with Crippen molar-refractivity contribution in [3.8, 4) is 0 Å². The molecule has 0 heterocycles. The Hall–Kier alpha value is -2.41. The van der Waals surface area contributed by atoms with Gasteiger partial charge < -0.3 is 15.9 Å². The Kier molecular flexibility index (Phi) is 5.01. The highest BCUT2D eigenvalue weighted by Crippen LogP contribution is 2.07. The van der Waals surface area contributed by atoms with Gasteiger partial charge in [0.15, 0.2) is 0 Å². The van der Waals surface area contributed by atoms with E-state index in [-0.39, 0.29) is 19.6 Å². The summed E-state index contributed by atoms with van der Waals surface area (Å²) in [4.78, 5) is 33.4. The fourth-order valence-electron chi connectivity index (χ4n) is 1.58. The van der Waals surface area contributed by atoms with Crippen molar-refractivity contribution in [2.45, 2.75) is 6.54 Å². The largest absolute Gasteiger partial charge is 0.480 e. The summed E-state index contributed by atoms with van der Waals surface area (Å²) in [6, 6.07) is 6.24. The van der Waals surface area contributed by atoms with Crippen molar-refractivity contribution in [2.75, 3.05) is 13.1 Å². The molecule has 1 aromatic carbocycles. The van der Waals surface area contributed by atoms with Gasteiger partial charge in [0.25, 0.3) is 0 Å². The second-order valence-electron chi connectivity index (χ2n) is 3.99. The molecule has 102 valence electrons. The van der Waals surface area contributed by atoms with Gasteiger partial charge in [0.2, 0.25) is 5.91 Å². The molecule has 1 amide bonds. The zero-order valence-corrected chi connectivity index (χ0v) is 10.1. The molecule has 7 heteroatoms. The van der Waals surface area contributed by atoms with Crippen LogP contribution in [0.25, 0.3) is 0 Å². The van der Waals surface area contributed by atoms with Crippen molar-refractivity contribution in [3.05, 3.63) is 35.4 Å². The van der Waals surface area contributed by atoms with Gasteiger partial charge in [0.05, 0.1) is 13.1 Å². The summed E-state index contributed by atoms with van der Waals surface area (Å²) in [5.74, 6) is -2.76. The molecular formula is C12H14N2O5. The van der Waals surface area contributed by atoms with Crippen LogP contribution in [-0.2, 0) is 16.1 Å². The monoisotopic (exact) mass is 266 g/mol. The number of benzene rings is 1. The highest BCUT2D eigenvalue weighted by atomic mass is 16.4. The number of carboxylic acid groups (broad SMARTS) is 2. The quantitative estimate of drug-likeness (QED) is 0.626. The molecule has 0 bridgehead atoms. The molecule has 19 heavy (non-hydrogen) atoms. The minimum absolute atomic E-state index is 0.164. The fraction of sp³-hybridized carbons (Fsp3) is 0.250. The van der Waals surface area contributed by atoms with Gasteiger partial charge in [-0.05, 0) is 17.7 Å². The molecule has 4 N–H and O–H groups in total. The van der Waals surface area contributed by atoms with Crippen LogP contribution in [0.2, 0.25) is 0 Å². The van der Waals surface area contributed by atoms with Crippen molar-refractivity contribution < 1.29 is 24.6 Å². The summed E-state index contributed by atoms with van der Waals surface area (Å²) in [7, 11) is 0. The van der Waals surface area contributed by atoms with Gasteiger partial charge in [-0.25, -0.2) is 0 Å². The summed E-state index contributed by atoms with van der Waals surface area (Å²) in [5.41, 5.74) is 6.13. The zero-order chi connectivity index (χ0) is 14.4. The van der Waals surface area contributed by atoms with E-state index in [0.29, 0.717) is 11.1 Å². The first-order valence-electron chi connectivity index (χ1n) is 5.43. The molecule has 0 aromatic heterocycles. The molecule has 0 aliphatic carbocycles. The van der Waals surface area contributed by atoms with E-state index in [1.54, 1.807) is 12.1 Å². The number of amides is 1. The first-order chi connectivity index (χ1) is 8.88. The first kappa shape index (κ1) is 14.7. The average molecular weight is 266 g/mol. The number of carboxylic acids is 2. The van der Waals surface area contributed by atoms with Crippen LogP contribution in [-0.4, -0.2) is 46.0 Å². The number of carbonyl (C=O) groups is 3. The Morgan fingerprint density at radius 2 is 1.47 bits per heavy atom. The van der Waals surface area contributed by atoms with Gasteiger partial charge >= 0.3 is 11.9 Å². The van der Waals surface area contributed by atoms with Crippen molar-refractivity contribution in [1.82, 2.24) is 4.90 Å². The minimum atomic E-state index is -1.10. The van der Waals surface area contributed by atoms with E-state index in [1.165, 1.54) is 17.0 Å². The van der Waals surface area contributed by atoms with Crippen molar-refractivity contribution in [2.24, 2.45) is 5.73 Å². The number of hydrogen-bond acceptors (Lipinski definition) is 4. The maximum atomic E-state index is 10.9. The molecule has 0 spiro atoms. The van der Waals surface area contributed by atoms with Crippen LogP contribution in [0.15, 0.2) is 24.3 Å². The van der Waals surface area contributed by atoms with Gasteiger partial charge in [-0.15, -0.1) is 0 Å². The summed E-state index contributed by atoms with van der Waals surface area (Å²) in [6.45, 7) is -0.578. The van der Waals surface area contributed by atoms with Crippen molar-refractivity contribution in [3.63, 3.8) is 0 Å². The van der Waals surface area contributed by atoms with E-state index >= 15 is 0 Å². The second kappa shape index (κ2) is 6.50. The number of nitrogens with zero attached hydrogens (tertiary/aromatic N) is 1. The van der Waals surface area contributed by atoms with E-state index in [4.69, 9.17) is 15.9 Å². The maximum absolute atomic E-state index is 10.9. The maximum Gasteiger partial charge on any atom is 0.317 e. The Labute approximate surface area is 109 Å². The van der Waals surface area contributed by atoms with Gasteiger partial charge in [0.1, 0.15) is 0 Å². The molecule has 7 nitrogen and oxygen atoms in total. The van der Waals surface area contributed by atoms with Crippen LogP contribution in [0.4, 0.5) is 0 Å². The van der Waals surface area contributed by atoms with Gasteiger partial charge in [-0.3, -0.25) is 19.3 Å². The van der Waals surface area contributed by atoms with Crippen LogP contribution in [0, 0.1) is 0 Å². The lowest BCUT2D eigenvalue weighted by molar-refractivity contribution is -0.142. The predicted molar refractivity (Wildman–Crippen MR) is 65.5 cm³/mol. The topological polar surface area (TPSA) is 121 Å². The van der Waals surface area contributed by atoms with Gasteiger partial charge in [0, 0.05) is 12.1 Å². The molecule has 0 saturated heterocycles. The lowest BCUT2D eigenvalue weighted by Crippen LogP contribution is -2.33. The van der Waals surface area contributed by atoms with Crippen molar-refractivity contribution in [1.29, 1.82) is 0 Å². The molecule has 0 saturated carbocycles. The van der Waals surface area contributed by atoms with Crippen LogP contribution >= 0.6 is 0 Å². The van der Waals surface area contributed by atoms with E-state index < -0.39 is 17.8 Å². The number of carbonyl (C=O) groups excluding carboxylic acids is 1. The predicted octanol–water partition coefficient (Wildman–Crippen LogP) is -0.243. The van der Waals surface area contributed by atoms with Crippen LogP contribution < -0.4 is 5.73 Å². The Morgan fingerprint density at radius 1 is 1.00 bits per heavy atom. The number of hydrogen-bond donors (Lipinski definition) is 3. The number of primary amides is 1. The molecule has 0 aliphatic heterocycles. The normalized spacial score (nSPS) is 10.4. The average Bonchev–Trinajstić information content (AvgIpc) is 2.27. The lowest BCUT2D eigenvalue weighted by atomic mass is 10.1. The third-order valence-electron chi connectivity index (χ3n) is 2.36. The second-order valence-corrected chi connectivity index (χ2v) is 3.99. The molecule has 0 atom stereocenters. The van der Waals surface area contributed by atoms with Gasteiger partial charge in [-0.2, -0.15) is 0 Å². The highest BCUT2D eigenvalue weighted by molar-refractivity contribution is 5.92. The molecule has 0 aliphatic rings. The SMILES string of the molecule is NC(=O)c1ccc(CN(CC(=O)O)CC(=O)O)cc1. The van der Waals surface area contributed by atoms with Crippen LogP contribution in [0.3, 0.4) is 0 Å². The number of rotatable bonds is 7. The van der Waals surface area contributed by atoms with E-state index in [1.807, 2.05) is 0 Å². The molecule has 0 fully saturated rings. The minimum Gasteiger partial charge on any atom is -0.480 e. The molecule has 0 unspecified atom stereocenters. The number of nitrogens with two attached hydrogens (primary N) is 1. The zero-order valence-electron chi connectivity index (χ0n) is 10.1. The first-order valence-corrected chi connectivity index (χ1v) is 5.43. The van der Waals surface area contributed by atoms with E-state index in [9.17, 15) is 14.4 Å². The number of aliphatic carboxylic acids is 2. The lowest BCUT2D eigenvalue weighted by Gasteiger charge is -2.17. The van der Waals surface area contributed by atoms with E-state index in [2.05, 4.69) is 0 Å². The Bertz CT molecular complexity index is 467. The summed E-state index contributed by atoms with van der Waals surface area (Å²) in [6.07, 6.45) is 0. The molecule has 0 radical (unpaired) electrons. The fourth-order valence-corrected chi connectivity index (χ4v) is 1.58. The highest BCUT2D eigenvalue weighted by Gasteiger charge is 2.14.